The molecule has 0 unspecified atom stereocenters. The van der Waals surface area contributed by atoms with Crippen molar-refractivity contribution in [1.29, 1.82) is 0 Å². The van der Waals surface area contributed by atoms with Crippen LogP contribution in [0.1, 0.15) is 21.7 Å². The van der Waals surface area contributed by atoms with Gasteiger partial charge < -0.3 is 21.5 Å². The molecule has 9 heteroatoms. The first kappa shape index (κ1) is 18.4. The van der Waals surface area contributed by atoms with Crippen LogP contribution >= 0.6 is 11.6 Å². The minimum Gasteiger partial charge on any atom is -0.454 e. The molecular weight excluding hydrogens is 368 g/mol. The monoisotopic (exact) mass is 384 g/mol. The van der Waals surface area contributed by atoms with Gasteiger partial charge in [0.25, 0.3) is 0 Å². The van der Waals surface area contributed by atoms with Gasteiger partial charge in [0.2, 0.25) is 11.9 Å². The van der Waals surface area contributed by atoms with Gasteiger partial charge in [0.1, 0.15) is 0 Å². The predicted molar refractivity (Wildman–Crippen MR) is 104 cm³/mol. The number of aromatic nitrogens is 3. The Morgan fingerprint density at radius 2 is 1.93 bits per heavy atom. The van der Waals surface area contributed by atoms with Crippen LogP contribution in [-0.2, 0) is 11.3 Å². The molecule has 0 saturated heterocycles. The minimum atomic E-state index is -0.614. The molecule has 3 aromatic rings. The zero-order valence-electron chi connectivity index (χ0n) is 14.4. The molecule has 138 valence electrons. The van der Waals surface area contributed by atoms with Crippen LogP contribution in [0.5, 0.6) is 0 Å². The van der Waals surface area contributed by atoms with E-state index in [9.17, 15) is 4.79 Å². The van der Waals surface area contributed by atoms with Crippen molar-refractivity contribution in [3.05, 3.63) is 64.4 Å². The topological polar surface area (TPSA) is 129 Å². The number of para-hydroxylation sites is 1. The first-order valence-electron chi connectivity index (χ1n) is 7.97. The number of nitrogens with one attached hydrogen (secondary N) is 1. The molecule has 8 nitrogen and oxygen atoms in total. The molecule has 0 radical (unpaired) electrons. The molecular formula is C18H17ClN6O2. The fraction of sp³-hybridized carbons (Fsp3) is 0.111. The third-order valence-electron chi connectivity index (χ3n) is 3.66. The number of nitrogen functional groups attached to an aromatic ring is 2. The summed E-state index contributed by atoms with van der Waals surface area (Å²) >= 11 is 5.83. The summed E-state index contributed by atoms with van der Waals surface area (Å²) < 4.78 is 5.22. The second kappa shape index (κ2) is 7.88. The number of carbonyl (C=O) groups excluding carboxylic acids is 1. The van der Waals surface area contributed by atoms with Gasteiger partial charge in [-0.15, -0.1) is 0 Å². The summed E-state index contributed by atoms with van der Waals surface area (Å²) in [5.74, 6) is -0.136. The van der Waals surface area contributed by atoms with Crippen LogP contribution in [-0.4, -0.2) is 20.9 Å². The number of nitrogens with two attached hydrogens (primary N) is 2. The molecule has 0 fully saturated rings. The van der Waals surface area contributed by atoms with Crippen LogP contribution in [0.2, 0.25) is 5.02 Å². The highest BCUT2D eigenvalue weighted by Crippen LogP contribution is 2.20. The lowest BCUT2D eigenvalue weighted by Crippen LogP contribution is -2.12. The summed E-state index contributed by atoms with van der Waals surface area (Å²) in [6.45, 7) is 1.77. The molecule has 27 heavy (non-hydrogen) atoms. The van der Waals surface area contributed by atoms with Crippen LogP contribution in [0.3, 0.4) is 0 Å². The lowest BCUT2D eigenvalue weighted by atomic mass is 10.2. The second-order valence-electron chi connectivity index (χ2n) is 5.68. The van der Waals surface area contributed by atoms with E-state index < -0.39 is 5.97 Å². The largest absolute Gasteiger partial charge is 0.454 e. The summed E-state index contributed by atoms with van der Waals surface area (Å²) in [5.41, 5.74) is 13.8. The number of aryl methyl sites for hydroxylation is 1. The van der Waals surface area contributed by atoms with Crippen molar-refractivity contribution in [2.45, 2.75) is 13.5 Å². The number of benzene rings is 2. The van der Waals surface area contributed by atoms with Crippen molar-refractivity contribution in [3.8, 4) is 0 Å². The molecule has 1 aromatic heterocycles. The quantitative estimate of drug-likeness (QED) is 0.452. The van der Waals surface area contributed by atoms with E-state index in [-0.39, 0.29) is 35.6 Å². The molecule has 0 aliphatic rings. The molecule has 0 saturated carbocycles. The Kier molecular flexibility index (Phi) is 5.37. The number of hydrogen-bond acceptors (Lipinski definition) is 8. The Hall–Kier alpha value is -3.39. The van der Waals surface area contributed by atoms with Crippen molar-refractivity contribution < 1.29 is 9.53 Å². The summed E-state index contributed by atoms with van der Waals surface area (Å²) in [5, 5.41) is 3.50. The molecule has 2 aromatic carbocycles. The number of anilines is 4. The maximum Gasteiger partial charge on any atom is 0.340 e. The lowest BCUT2D eigenvalue weighted by molar-refractivity contribution is 0.0463. The van der Waals surface area contributed by atoms with Gasteiger partial charge in [-0.05, 0) is 36.8 Å². The molecule has 0 amide bonds. The van der Waals surface area contributed by atoms with Crippen molar-refractivity contribution >= 4 is 40.8 Å². The average molecular weight is 385 g/mol. The Bertz CT molecular complexity index is 995. The molecule has 5 N–H and O–H groups in total. The molecule has 1 heterocycles. The molecule has 0 aliphatic carbocycles. The van der Waals surface area contributed by atoms with E-state index in [4.69, 9.17) is 27.8 Å². The zero-order chi connectivity index (χ0) is 19.4. The minimum absolute atomic E-state index is 0.0122. The van der Waals surface area contributed by atoms with E-state index in [0.717, 1.165) is 11.3 Å². The van der Waals surface area contributed by atoms with Gasteiger partial charge in [-0.3, -0.25) is 0 Å². The standard InChI is InChI=1S/C18H17ClN6O2/c1-10-4-2-3-5-14(10)22-18-24-15(23-17(21)25-18)9-27-16(26)12-7-6-11(19)8-13(12)20/h2-8H,9,20H2,1H3,(H3,21,22,23,24,25). The first-order chi connectivity index (χ1) is 12.9. The second-order valence-corrected chi connectivity index (χ2v) is 6.12. The van der Waals surface area contributed by atoms with Crippen molar-refractivity contribution in [3.63, 3.8) is 0 Å². The third-order valence-corrected chi connectivity index (χ3v) is 3.89. The van der Waals surface area contributed by atoms with E-state index in [2.05, 4.69) is 20.3 Å². The Labute approximate surface area is 160 Å². The maximum atomic E-state index is 12.2. The van der Waals surface area contributed by atoms with Gasteiger partial charge in [-0.25, -0.2) is 4.79 Å². The summed E-state index contributed by atoms with van der Waals surface area (Å²) in [6, 6.07) is 12.2. The number of halogens is 1. The van der Waals surface area contributed by atoms with Crippen LogP contribution in [0.15, 0.2) is 42.5 Å². The van der Waals surface area contributed by atoms with Crippen molar-refractivity contribution in [1.82, 2.24) is 15.0 Å². The number of esters is 1. The fourth-order valence-electron chi connectivity index (χ4n) is 2.32. The number of rotatable bonds is 5. The number of hydrogen-bond donors (Lipinski definition) is 3. The predicted octanol–water partition coefficient (Wildman–Crippen LogP) is 3.10. The van der Waals surface area contributed by atoms with Gasteiger partial charge in [-0.1, -0.05) is 29.8 Å². The molecule has 0 bridgehead atoms. The highest BCUT2D eigenvalue weighted by atomic mass is 35.5. The SMILES string of the molecule is Cc1ccccc1Nc1nc(N)nc(COC(=O)c2ccc(Cl)cc2N)n1. The number of ether oxygens (including phenoxy) is 1. The Balaban J connectivity index is 1.73. The molecule has 3 rings (SSSR count). The summed E-state index contributed by atoms with van der Waals surface area (Å²) in [7, 11) is 0. The first-order valence-corrected chi connectivity index (χ1v) is 8.35. The molecule has 0 aliphatic heterocycles. The van der Waals surface area contributed by atoms with Crippen molar-refractivity contribution in [2.75, 3.05) is 16.8 Å². The summed E-state index contributed by atoms with van der Waals surface area (Å²) in [6.07, 6.45) is 0. The normalized spacial score (nSPS) is 10.4. The number of carbonyl (C=O) groups is 1. The summed E-state index contributed by atoms with van der Waals surface area (Å²) in [4.78, 5) is 24.5. The molecule has 0 spiro atoms. The van der Waals surface area contributed by atoms with Gasteiger partial charge in [0, 0.05) is 16.4 Å². The highest BCUT2D eigenvalue weighted by Gasteiger charge is 2.14. The van der Waals surface area contributed by atoms with Crippen LogP contribution in [0.4, 0.5) is 23.3 Å². The van der Waals surface area contributed by atoms with Crippen LogP contribution in [0.25, 0.3) is 0 Å². The van der Waals surface area contributed by atoms with E-state index in [0.29, 0.717) is 5.02 Å². The van der Waals surface area contributed by atoms with E-state index >= 15 is 0 Å². The van der Waals surface area contributed by atoms with Gasteiger partial charge in [0.05, 0.1) is 5.56 Å². The third kappa shape index (κ3) is 4.62. The Morgan fingerprint density at radius 1 is 1.15 bits per heavy atom. The van der Waals surface area contributed by atoms with E-state index in [1.54, 1.807) is 6.07 Å². The Morgan fingerprint density at radius 3 is 2.67 bits per heavy atom. The maximum absolute atomic E-state index is 12.2. The zero-order valence-corrected chi connectivity index (χ0v) is 15.2. The molecule has 0 atom stereocenters. The van der Waals surface area contributed by atoms with Crippen LogP contribution in [0, 0.1) is 6.92 Å². The van der Waals surface area contributed by atoms with Gasteiger partial charge >= 0.3 is 5.97 Å². The highest BCUT2D eigenvalue weighted by molar-refractivity contribution is 6.31. The van der Waals surface area contributed by atoms with E-state index in [1.807, 2.05) is 31.2 Å². The van der Waals surface area contributed by atoms with Gasteiger partial charge in [0.15, 0.2) is 12.4 Å². The fourth-order valence-corrected chi connectivity index (χ4v) is 2.50. The lowest BCUT2D eigenvalue weighted by Gasteiger charge is -2.10. The average Bonchev–Trinajstić information content (AvgIpc) is 2.61. The smallest absolute Gasteiger partial charge is 0.340 e. The van der Waals surface area contributed by atoms with Gasteiger partial charge in [-0.2, -0.15) is 15.0 Å². The van der Waals surface area contributed by atoms with E-state index in [1.165, 1.54) is 12.1 Å². The van der Waals surface area contributed by atoms with Crippen LogP contribution < -0.4 is 16.8 Å². The number of nitrogens with zero attached hydrogens (tertiary/aromatic N) is 3. The van der Waals surface area contributed by atoms with Crippen molar-refractivity contribution in [2.24, 2.45) is 0 Å².